The van der Waals surface area contributed by atoms with E-state index in [0.29, 0.717) is 25.9 Å². The van der Waals surface area contributed by atoms with Crippen molar-refractivity contribution in [2.24, 2.45) is 17.8 Å². The molecule has 10 heteroatoms. The van der Waals surface area contributed by atoms with Crippen LogP contribution in [0, 0.1) is 17.8 Å². The average Bonchev–Trinajstić information content (AvgIpc) is 3.64. The van der Waals surface area contributed by atoms with Crippen LogP contribution in [-0.4, -0.2) is 65.8 Å². The molecule has 5 atom stereocenters. The number of benzene rings is 1. The summed E-state index contributed by atoms with van der Waals surface area (Å²) in [5.74, 6) is -1.65. The predicted molar refractivity (Wildman–Crippen MR) is 161 cm³/mol. The zero-order valence-electron chi connectivity index (χ0n) is 26.4. The number of epoxide rings is 1. The van der Waals surface area contributed by atoms with Gasteiger partial charge in [0, 0.05) is 13.3 Å². The van der Waals surface area contributed by atoms with Gasteiger partial charge in [-0.15, -0.1) is 0 Å². The first-order valence-corrected chi connectivity index (χ1v) is 15.0. The summed E-state index contributed by atoms with van der Waals surface area (Å²) in [4.78, 5) is 65.5. The third-order valence-corrected chi connectivity index (χ3v) is 7.10. The zero-order valence-corrected chi connectivity index (χ0v) is 26.4. The van der Waals surface area contributed by atoms with Gasteiger partial charge in [-0.25, -0.2) is 0 Å². The third kappa shape index (κ3) is 11.5. The van der Waals surface area contributed by atoms with Crippen LogP contribution in [0.4, 0.5) is 0 Å². The average molecular weight is 587 g/mol. The van der Waals surface area contributed by atoms with E-state index in [4.69, 9.17) is 4.74 Å². The van der Waals surface area contributed by atoms with Crippen molar-refractivity contribution in [1.29, 1.82) is 0 Å². The third-order valence-electron chi connectivity index (χ3n) is 7.10. The highest BCUT2D eigenvalue weighted by atomic mass is 16.6. The SMILES string of the molecule is CC(=O)N[C@@H](CC(C)C)C(=O)N[C@@H](Cc1ccccc1)C(=O)N[C@@H](CC(C)C)C(=O)N[C@@H](CC(C)C)C(=O)C1(C)CO1. The molecule has 1 unspecified atom stereocenters. The molecule has 0 saturated carbocycles. The number of ketones is 1. The van der Waals surface area contributed by atoms with Gasteiger partial charge in [0.1, 0.15) is 23.7 Å². The largest absolute Gasteiger partial charge is 0.361 e. The standard InChI is InChI=1S/C32H50N4O6/c1-19(2)14-24(28(38)32(8)18-42-32)34-30(40)26(16-21(5)6)35-31(41)27(17-23-12-10-9-11-13-23)36-29(39)25(15-20(3)4)33-22(7)37/h9-13,19-21,24-27H,14-18H2,1-8H3,(H,33,37)(H,34,40)(H,35,41)(H,36,39)/t24-,25-,26-,27-,32?/m0/s1. The first kappa shape index (κ1) is 34.9. The minimum atomic E-state index is -1.00. The molecule has 0 spiro atoms. The van der Waals surface area contributed by atoms with Crippen molar-refractivity contribution in [2.45, 2.75) is 111 Å². The first-order chi connectivity index (χ1) is 19.6. The Morgan fingerprint density at radius 1 is 0.690 bits per heavy atom. The molecular weight excluding hydrogens is 536 g/mol. The van der Waals surface area contributed by atoms with Gasteiger partial charge in [0.2, 0.25) is 23.6 Å². The highest BCUT2D eigenvalue weighted by molar-refractivity contribution is 5.98. The summed E-state index contributed by atoms with van der Waals surface area (Å²) in [6.07, 6.45) is 1.37. The fraction of sp³-hybridized carbons (Fsp3) is 0.656. The van der Waals surface area contributed by atoms with Crippen LogP contribution < -0.4 is 21.3 Å². The van der Waals surface area contributed by atoms with Gasteiger partial charge in [0.05, 0.1) is 12.6 Å². The fourth-order valence-electron chi connectivity index (χ4n) is 4.85. The van der Waals surface area contributed by atoms with Crippen molar-refractivity contribution in [1.82, 2.24) is 21.3 Å². The Hall–Kier alpha value is -3.27. The quantitative estimate of drug-likeness (QED) is 0.207. The highest BCUT2D eigenvalue weighted by Crippen LogP contribution is 2.29. The molecule has 234 valence electrons. The molecule has 0 aromatic heterocycles. The molecule has 1 aromatic carbocycles. The lowest BCUT2D eigenvalue weighted by molar-refractivity contribution is -0.135. The van der Waals surface area contributed by atoms with Crippen LogP contribution in [0.25, 0.3) is 0 Å². The molecular formula is C32H50N4O6. The summed E-state index contributed by atoms with van der Waals surface area (Å²) in [5.41, 5.74) is -0.0715. The number of hydrogen-bond donors (Lipinski definition) is 4. The number of amides is 4. The number of carbonyl (C=O) groups excluding carboxylic acids is 5. The second kappa shape index (κ2) is 15.8. The summed E-state index contributed by atoms with van der Waals surface area (Å²) in [6.45, 7) is 15.1. The van der Waals surface area contributed by atoms with E-state index in [1.165, 1.54) is 6.92 Å². The molecule has 0 radical (unpaired) electrons. The van der Waals surface area contributed by atoms with Crippen LogP contribution in [0.2, 0.25) is 0 Å². The number of Topliss-reactive ketones (excluding diaryl/α,β-unsaturated/α-hetero) is 1. The molecule has 42 heavy (non-hydrogen) atoms. The highest BCUT2D eigenvalue weighted by Gasteiger charge is 2.50. The maximum Gasteiger partial charge on any atom is 0.243 e. The van der Waals surface area contributed by atoms with Crippen LogP contribution in [-0.2, 0) is 35.1 Å². The van der Waals surface area contributed by atoms with E-state index >= 15 is 0 Å². The molecule has 0 aliphatic carbocycles. The Morgan fingerprint density at radius 2 is 1.10 bits per heavy atom. The Bertz CT molecular complexity index is 1080. The molecule has 1 saturated heterocycles. The van der Waals surface area contributed by atoms with Crippen LogP contribution in [0.15, 0.2) is 30.3 Å². The maximum absolute atomic E-state index is 13.7. The summed E-state index contributed by atoms with van der Waals surface area (Å²) in [5, 5.41) is 11.2. The minimum Gasteiger partial charge on any atom is -0.361 e. The molecule has 10 nitrogen and oxygen atoms in total. The zero-order chi connectivity index (χ0) is 31.6. The number of carbonyl (C=O) groups is 5. The van der Waals surface area contributed by atoms with Gasteiger partial charge in [-0.2, -0.15) is 0 Å². The van der Waals surface area contributed by atoms with Crippen molar-refractivity contribution in [3.63, 3.8) is 0 Å². The van der Waals surface area contributed by atoms with E-state index < -0.39 is 47.5 Å². The number of hydrogen-bond acceptors (Lipinski definition) is 6. The number of ether oxygens (including phenoxy) is 1. The Labute approximate surface area is 250 Å². The Balaban J connectivity index is 2.28. The van der Waals surface area contributed by atoms with Gasteiger partial charge in [0.15, 0.2) is 5.78 Å². The van der Waals surface area contributed by atoms with Gasteiger partial charge in [-0.1, -0.05) is 71.9 Å². The molecule has 4 amide bonds. The molecule has 1 aliphatic rings. The van der Waals surface area contributed by atoms with Crippen molar-refractivity contribution < 1.29 is 28.7 Å². The lowest BCUT2D eigenvalue weighted by Crippen LogP contribution is -2.59. The van der Waals surface area contributed by atoms with Gasteiger partial charge in [-0.3, -0.25) is 24.0 Å². The summed E-state index contributed by atoms with van der Waals surface area (Å²) in [7, 11) is 0. The van der Waals surface area contributed by atoms with E-state index in [1.807, 2.05) is 71.9 Å². The normalized spacial score (nSPS) is 19.0. The molecule has 1 fully saturated rings. The maximum atomic E-state index is 13.7. The van der Waals surface area contributed by atoms with Crippen molar-refractivity contribution in [3.8, 4) is 0 Å². The Morgan fingerprint density at radius 3 is 1.55 bits per heavy atom. The topological polar surface area (TPSA) is 146 Å². The molecule has 0 bridgehead atoms. The van der Waals surface area contributed by atoms with Gasteiger partial charge >= 0.3 is 0 Å². The van der Waals surface area contributed by atoms with E-state index in [2.05, 4.69) is 21.3 Å². The first-order valence-electron chi connectivity index (χ1n) is 15.0. The smallest absolute Gasteiger partial charge is 0.243 e. The van der Waals surface area contributed by atoms with Gasteiger partial charge in [-0.05, 0) is 49.5 Å². The second-order valence-corrected chi connectivity index (χ2v) is 12.9. The van der Waals surface area contributed by atoms with Crippen molar-refractivity contribution in [2.75, 3.05) is 6.61 Å². The summed E-state index contributed by atoms with van der Waals surface area (Å²) < 4.78 is 5.35. The fourth-order valence-corrected chi connectivity index (χ4v) is 4.85. The van der Waals surface area contributed by atoms with Crippen molar-refractivity contribution >= 4 is 29.4 Å². The lowest BCUT2D eigenvalue weighted by Gasteiger charge is -2.28. The number of nitrogens with one attached hydrogen (secondary N) is 4. The lowest BCUT2D eigenvalue weighted by atomic mass is 9.92. The predicted octanol–water partition coefficient (Wildman–Crippen LogP) is 2.68. The Kier molecular flexibility index (Phi) is 13.2. The van der Waals surface area contributed by atoms with Crippen molar-refractivity contribution in [3.05, 3.63) is 35.9 Å². The molecule has 1 heterocycles. The van der Waals surface area contributed by atoms with E-state index in [1.54, 1.807) is 6.92 Å². The van der Waals surface area contributed by atoms with Gasteiger partial charge < -0.3 is 26.0 Å². The van der Waals surface area contributed by atoms with E-state index in [0.717, 1.165) is 5.56 Å². The van der Waals surface area contributed by atoms with Crippen LogP contribution in [0.1, 0.15) is 80.2 Å². The molecule has 2 rings (SSSR count). The molecule has 1 aliphatic heterocycles. The molecule has 4 N–H and O–H groups in total. The van der Waals surface area contributed by atoms with Crippen LogP contribution in [0.3, 0.4) is 0 Å². The van der Waals surface area contributed by atoms with Crippen LogP contribution >= 0.6 is 0 Å². The van der Waals surface area contributed by atoms with Crippen LogP contribution in [0.5, 0.6) is 0 Å². The molecule has 1 aromatic rings. The summed E-state index contributed by atoms with van der Waals surface area (Å²) in [6, 6.07) is 5.77. The van der Waals surface area contributed by atoms with E-state index in [-0.39, 0.29) is 35.9 Å². The minimum absolute atomic E-state index is 0.0573. The second-order valence-electron chi connectivity index (χ2n) is 12.9. The van der Waals surface area contributed by atoms with E-state index in [9.17, 15) is 24.0 Å². The summed E-state index contributed by atoms with van der Waals surface area (Å²) >= 11 is 0. The number of rotatable bonds is 17. The monoisotopic (exact) mass is 586 g/mol. The van der Waals surface area contributed by atoms with Gasteiger partial charge in [0.25, 0.3) is 0 Å².